The van der Waals surface area contributed by atoms with Gasteiger partial charge in [-0.3, -0.25) is 0 Å². The minimum absolute atomic E-state index is 0.681. The van der Waals surface area contributed by atoms with E-state index in [2.05, 4.69) is 43.0 Å². The SMILES string of the molecule is CCC1CCN(c2nc(NC)ncc2Br)CC1. The average Bonchev–Trinajstić information content (AvgIpc) is 2.39. The van der Waals surface area contributed by atoms with Crippen LogP contribution in [0.15, 0.2) is 10.7 Å². The zero-order valence-electron chi connectivity index (χ0n) is 10.4. The van der Waals surface area contributed by atoms with Crippen molar-refractivity contribution in [2.24, 2.45) is 5.92 Å². The van der Waals surface area contributed by atoms with Crippen LogP contribution in [0.3, 0.4) is 0 Å². The number of piperidine rings is 1. The summed E-state index contributed by atoms with van der Waals surface area (Å²) in [6.45, 7) is 4.47. The van der Waals surface area contributed by atoms with Crippen LogP contribution in [0.25, 0.3) is 0 Å². The number of halogens is 1. The van der Waals surface area contributed by atoms with Crippen molar-refractivity contribution in [2.75, 3.05) is 30.4 Å². The molecule has 0 saturated carbocycles. The molecular weight excluding hydrogens is 280 g/mol. The molecule has 94 valence electrons. The van der Waals surface area contributed by atoms with E-state index in [1.807, 2.05) is 13.2 Å². The summed E-state index contributed by atoms with van der Waals surface area (Å²) in [5, 5.41) is 2.98. The zero-order valence-corrected chi connectivity index (χ0v) is 12.0. The molecule has 2 rings (SSSR count). The topological polar surface area (TPSA) is 41.1 Å². The molecule has 1 aromatic rings. The van der Waals surface area contributed by atoms with Gasteiger partial charge in [-0.1, -0.05) is 13.3 Å². The first-order valence-corrected chi connectivity index (χ1v) is 6.99. The lowest BCUT2D eigenvalue weighted by Gasteiger charge is -2.32. The van der Waals surface area contributed by atoms with Crippen LogP contribution in [-0.4, -0.2) is 30.1 Å². The van der Waals surface area contributed by atoms with Gasteiger partial charge in [0, 0.05) is 26.3 Å². The number of nitrogens with one attached hydrogen (secondary N) is 1. The van der Waals surface area contributed by atoms with Crippen LogP contribution in [-0.2, 0) is 0 Å². The van der Waals surface area contributed by atoms with E-state index in [9.17, 15) is 0 Å². The third kappa shape index (κ3) is 2.89. The fraction of sp³-hybridized carbons (Fsp3) is 0.667. The van der Waals surface area contributed by atoms with Gasteiger partial charge in [-0.05, 0) is 34.7 Å². The molecule has 0 atom stereocenters. The fourth-order valence-corrected chi connectivity index (χ4v) is 2.70. The van der Waals surface area contributed by atoms with Crippen molar-refractivity contribution in [3.63, 3.8) is 0 Å². The zero-order chi connectivity index (χ0) is 12.3. The van der Waals surface area contributed by atoms with Crippen molar-refractivity contribution in [1.82, 2.24) is 9.97 Å². The standard InChI is InChI=1S/C12H19BrN4/c1-3-9-4-6-17(7-5-9)11-10(13)8-15-12(14-2)16-11/h8-9H,3-7H2,1-2H3,(H,14,15,16). The smallest absolute Gasteiger partial charge is 0.224 e. The average molecular weight is 299 g/mol. The third-order valence-electron chi connectivity index (χ3n) is 3.44. The monoisotopic (exact) mass is 298 g/mol. The lowest BCUT2D eigenvalue weighted by atomic mass is 9.94. The highest BCUT2D eigenvalue weighted by Gasteiger charge is 2.20. The molecule has 0 spiro atoms. The first kappa shape index (κ1) is 12.6. The van der Waals surface area contributed by atoms with Gasteiger partial charge < -0.3 is 10.2 Å². The van der Waals surface area contributed by atoms with E-state index in [4.69, 9.17) is 0 Å². The van der Waals surface area contributed by atoms with Gasteiger partial charge in [0.1, 0.15) is 5.82 Å². The molecule has 17 heavy (non-hydrogen) atoms. The van der Waals surface area contributed by atoms with Crippen LogP contribution in [0.2, 0.25) is 0 Å². The summed E-state index contributed by atoms with van der Waals surface area (Å²) < 4.78 is 0.978. The first-order chi connectivity index (χ1) is 8.24. The van der Waals surface area contributed by atoms with Crippen molar-refractivity contribution in [1.29, 1.82) is 0 Å². The minimum atomic E-state index is 0.681. The Hall–Kier alpha value is -0.840. The third-order valence-corrected chi connectivity index (χ3v) is 4.00. The Labute approximate surface area is 111 Å². The summed E-state index contributed by atoms with van der Waals surface area (Å²) in [5.74, 6) is 2.58. The second-order valence-electron chi connectivity index (χ2n) is 4.45. The molecule has 1 fully saturated rings. The van der Waals surface area contributed by atoms with Crippen LogP contribution < -0.4 is 10.2 Å². The lowest BCUT2D eigenvalue weighted by molar-refractivity contribution is 0.393. The Kier molecular flexibility index (Phi) is 4.20. The Morgan fingerprint density at radius 2 is 2.18 bits per heavy atom. The molecule has 1 aliphatic rings. The molecule has 1 aromatic heterocycles. The van der Waals surface area contributed by atoms with E-state index in [-0.39, 0.29) is 0 Å². The molecule has 4 nitrogen and oxygen atoms in total. The second kappa shape index (κ2) is 5.67. The van der Waals surface area contributed by atoms with Crippen LogP contribution in [0.5, 0.6) is 0 Å². The number of hydrogen-bond acceptors (Lipinski definition) is 4. The lowest BCUT2D eigenvalue weighted by Crippen LogP contribution is -2.34. The van der Waals surface area contributed by atoms with Crippen LogP contribution >= 0.6 is 15.9 Å². The van der Waals surface area contributed by atoms with Crippen LogP contribution in [0.1, 0.15) is 26.2 Å². The number of rotatable bonds is 3. The maximum Gasteiger partial charge on any atom is 0.224 e. The van der Waals surface area contributed by atoms with E-state index in [1.165, 1.54) is 19.3 Å². The van der Waals surface area contributed by atoms with Crippen molar-refractivity contribution in [3.05, 3.63) is 10.7 Å². The predicted molar refractivity (Wildman–Crippen MR) is 74.5 cm³/mol. The Balaban J connectivity index is 2.12. The van der Waals surface area contributed by atoms with Gasteiger partial charge in [0.05, 0.1) is 4.47 Å². The summed E-state index contributed by atoms with van der Waals surface area (Å²) in [6.07, 6.45) is 5.64. The summed E-state index contributed by atoms with van der Waals surface area (Å²) in [6, 6.07) is 0. The molecule has 1 aliphatic heterocycles. The molecule has 5 heteroatoms. The van der Waals surface area contributed by atoms with Crippen LogP contribution in [0.4, 0.5) is 11.8 Å². The molecule has 0 amide bonds. The van der Waals surface area contributed by atoms with Gasteiger partial charge in [-0.15, -0.1) is 0 Å². The number of hydrogen-bond donors (Lipinski definition) is 1. The van der Waals surface area contributed by atoms with Gasteiger partial charge >= 0.3 is 0 Å². The number of aromatic nitrogens is 2. The molecule has 0 unspecified atom stereocenters. The van der Waals surface area contributed by atoms with Gasteiger partial charge in [0.25, 0.3) is 0 Å². The molecule has 0 radical (unpaired) electrons. The molecule has 1 saturated heterocycles. The largest absolute Gasteiger partial charge is 0.357 e. The number of nitrogens with zero attached hydrogens (tertiary/aromatic N) is 3. The van der Waals surface area contributed by atoms with Crippen LogP contribution in [0, 0.1) is 5.92 Å². The quantitative estimate of drug-likeness (QED) is 0.932. The van der Waals surface area contributed by atoms with E-state index >= 15 is 0 Å². The minimum Gasteiger partial charge on any atom is -0.357 e. The highest BCUT2D eigenvalue weighted by Crippen LogP contribution is 2.29. The molecule has 0 bridgehead atoms. The van der Waals surface area contributed by atoms with E-state index < -0.39 is 0 Å². The Morgan fingerprint density at radius 3 is 2.76 bits per heavy atom. The first-order valence-electron chi connectivity index (χ1n) is 6.19. The summed E-state index contributed by atoms with van der Waals surface area (Å²) in [5.41, 5.74) is 0. The fourth-order valence-electron chi connectivity index (χ4n) is 2.25. The van der Waals surface area contributed by atoms with Gasteiger partial charge in [-0.2, -0.15) is 4.98 Å². The maximum absolute atomic E-state index is 4.52. The van der Waals surface area contributed by atoms with Gasteiger partial charge in [0.2, 0.25) is 5.95 Å². The molecular formula is C12H19BrN4. The highest BCUT2D eigenvalue weighted by molar-refractivity contribution is 9.10. The summed E-state index contributed by atoms with van der Waals surface area (Å²) in [7, 11) is 1.84. The second-order valence-corrected chi connectivity index (χ2v) is 5.31. The maximum atomic E-state index is 4.52. The van der Waals surface area contributed by atoms with Crippen molar-refractivity contribution < 1.29 is 0 Å². The summed E-state index contributed by atoms with van der Waals surface area (Å²) >= 11 is 3.53. The predicted octanol–water partition coefficient (Wildman–Crippen LogP) is 2.91. The Bertz CT molecular complexity index is 375. The molecule has 2 heterocycles. The van der Waals surface area contributed by atoms with Gasteiger partial charge in [0.15, 0.2) is 0 Å². The molecule has 1 N–H and O–H groups in total. The summed E-state index contributed by atoms with van der Waals surface area (Å²) in [4.78, 5) is 11.1. The number of anilines is 2. The van der Waals surface area contributed by atoms with Gasteiger partial charge in [-0.25, -0.2) is 4.98 Å². The van der Waals surface area contributed by atoms with Crippen molar-refractivity contribution in [3.8, 4) is 0 Å². The Morgan fingerprint density at radius 1 is 1.47 bits per heavy atom. The van der Waals surface area contributed by atoms with E-state index in [0.29, 0.717) is 5.95 Å². The molecule has 0 aliphatic carbocycles. The highest BCUT2D eigenvalue weighted by atomic mass is 79.9. The normalized spacial score (nSPS) is 17.2. The van der Waals surface area contributed by atoms with E-state index in [1.54, 1.807) is 0 Å². The van der Waals surface area contributed by atoms with Crippen molar-refractivity contribution >= 4 is 27.7 Å². The molecule has 0 aromatic carbocycles. The van der Waals surface area contributed by atoms with Crippen molar-refractivity contribution in [2.45, 2.75) is 26.2 Å². The van der Waals surface area contributed by atoms with E-state index in [0.717, 1.165) is 29.3 Å².